The monoisotopic (exact) mass is 542 g/mol. The molecule has 204 valence electrons. The highest BCUT2D eigenvalue weighted by Gasteiger charge is 2.36. The average molecular weight is 543 g/mol. The van der Waals surface area contributed by atoms with Crippen molar-refractivity contribution in [3.63, 3.8) is 0 Å². The highest BCUT2D eigenvalue weighted by molar-refractivity contribution is 7.98. The van der Waals surface area contributed by atoms with Gasteiger partial charge in [-0.1, -0.05) is 0 Å². The second-order valence-corrected chi connectivity index (χ2v) is 11.7. The summed E-state index contributed by atoms with van der Waals surface area (Å²) < 4.78 is 29.9. The summed E-state index contributed by atoms with van der Waals surface area (Å²) in [5, 5.41) is 3.66. The van der Waals surface area contributed by atoms with Crippen LogP contribution in [0.4, 0.5) is 8.78 Å². The van der Waals surface area contributed by atoms with Gasteiger partial charge in [0, 0.05) is 59.0 Å². The Balaban J connectivity index is 1.40. The van der Waals surface area contributed by atoms with Crippen LogP contribution in [-0.4, -0.2) is 51.9 Å². The summed E-state index contributed by atoms with van der Waals surface area (Å²) in [5.74, 6) is -0.231. The number of halogens is 2. The first-order valence-electron chi connectivity index (χ1n) is 13.4. The number of carbonyl (C=O) groups excluding carboxylic acids is 1. The minimum absolute atomic E-state index is 0.0788. The quantitative estimate of drug-likeness (QED) is 0.386. The highest BCUT2D eigenvalue weighted by atomic mass is 32.2. The molecule has 2 N–H and O–H groups in total. The van der Waals surface area contributed by atoms with Crippen molar-refractivity contribution in [1.82, 2.24) is 19.8 Å². The third kappa shape index (κ3) is 5.02. The first kappa shape index (κ1) is 26.9. The fourth-order valence-electron chi connectivity index (χ4n) is 6.43. The summed E-state index contributed by atoms with van der Waals surface area (Å²) in [6.07, 6.45) is 5.32. The average Bonchev–Trinajstić information content (AvgIpc) is 3.16. The number of nitrogens with one attached hydrogen (secondary N) is 2. The molecule has 9 heteroatoms. The number of H-pyrrole nitrogens is 1. The van der Waals surface area contributed by atoms with Crippen molar-refractivity contribution in [2.45, 2.75) is 76.2 Å². The summed E-state index contributed by atoms with van der Waals surface area (Å²) in [6.45, 7) is 7.12. The lowest BCUT2D eigenvalue weighted by Gasteiger charge is -2.44. The summed E-state index contributed by atoms with van der Waals surface area (Å²) in [7, 11) is 0. The number of fused-ring (bicyclic) bond motifs is 1. The predicted octanol–water partition coefficient (Wildman–Crippen LogP) is 5.51. The maximum Gasteiger partial charge on any atom is 0.254 e. The lowest BCUT2D eigenvalue weighted by atomic mass is 9.80. The number of aromatic amines is 1. The molecule has 1 amide bonds. The molecule has 1 aliphatic heterocycles. The number of thioether (sulfide) groups is 1. The molecule has 1 atom stereocenters. The number of aryl methyl sites for hydroxylation is 1. The van der Waals surface area contributed by atoms with Crippen LogP contribution in [0.2, 0.25) is 0 Å². The van der Waals surface area contributed by atoms with Crippen LogP contribution in [-0.2, 0) is 6.54 Å². The van der Waals surface area contributed by atoms with E-state index in [0.717, 1.165) is 42.0 Å². The van der Waals surface area contributed by atoms with Crippen LogP contribution in [0.5, 0.6) is 0 Å². The molecule has 2 aliphatic rings. The van der Waals surface area contributed by atoms with Crippen molar-refractivity contribution >= 4 is 28.6 Å². The van der Waals surface area contributed by atoms with Crippen molar-refractivity contribution in [2.24, 2.45) is 5.92 Å². The Bertz CT molecular complexity index is 1400. The van der Waals surface area contributed by atoms with Gasteiger partial charge in [-0.2, -0.15) is 0 Å². The lowest BCUT2D eigenvalue weighted by molar-refractivity contribution is 0.00542. The van der Waals surface area contributed by atoms with E-state index in [1.54, 1.807) is 6.07 Å². The maximum atomic E-state index is 14.4. The van der Waals surface area contributed by atoms with Crippen LogP contribution in [0.3, 0.4) is 0 Å². The number of alkyl halides is 1. The van der Waals surface area contributed by atoms with Gasteiger partial charge < -0.3 is 14.9 Å². The summed E-state index contributed by atoms with van der Waals surface area (Å²) >= 11 is 1.47. The first-order chi connectivity index (χ1) is 18.2. The molecule has 2 aromatic heterocycles. The zero-order valence-electron chi connectivity index (χ0n) is 22.4. The van der Waals surface area contributed by atoms with E-state index >= 15 is 0 Å². The fraction of sp³-hybridized carbons (Fsp3) is 0.517. The molecule has 1 aromatic carbocycles. The molecule has 3 aromatic rings. The van der Waals surface area contributed by atoms with E-state index in [-0.39, 0.29) is 29.9 Å². The first-order valence-corrected chi connectivity index (χ1v) is 14.6. The van der Waals surface area contributed by atoms with E-state index in [2.05, 4.69) is 26.7 Å². The van der Waals surface area contributed by atoms with E-state index in [4.69, 9.17) is 0 Å². The summed E-state index contributed by atoms with van der Waals surface area (Å²) in [5.41, 5.74) is 3.11. The van der Waals surface area contributed by atoms with Gasteiger partial charge in [-0.3, -0.25) is 14.5 Å². The number of hydrogen-bond acceptors (Lipinski definition) is 4. The number of aromatic nitrogens is 2. The number of pyridine rings is 1. The molecule has 38 heavy (non-hydrogen) atoms. The van der Waals surface area contributed by atoms with Crippen molar-refractivity contribution in [1.29, 1.82) is 0 Å². The van der Waals surface area contributed by atoms with E-state index in [1.165, 1.54) is 23.9 Å². The third-order valence-electron chi connectivity index (χ3n) is 8.53. The van der Waals surface area contributed by atoms with Crippen molar-refractivity contribution in [3.8, 4) is 0 Å². The molecule has 0 bridgehead atoms. The van der Waals surface area contributed by atoms with Crippen molar-refractivity contribution < 1.29 is 13.6 Å². The van der Waals surface area contributed by atoms with Gasteiger partial charge in [0.25, 0.3) is 11.5 Å². The molecule has 1 aliphatic carbocycles. The largest absolute Gasteiger partial charge is 0.348 e. The molecule has 6 nitrogen and oxygen atoms in total. The van der Waals surface area contributed by atoms with Gasteiger partial charge in [-0.15, -0.1) is 11.8 Å². The van der Waals surface area contributed by atoms with E-state index in [1.807, 2.05) is 26.2 Å². The Labute approximate surface area is 226 Å². The number of rotatable bonds is 7. The van der Waals surface area contributed by atoms with E-state index < -0.39 is 6.17 Å². The van der Waals surface area contributed by atoms with Gasteiger partial charge in [-0.25, -0.2) is 8.78 Å². The molecule has 1 saturated heterocycles. The third-order valence-corrected chi connectivity index (χ3v) is 9.33. The van der Waals surface area contributed by atoms with Gasteiger partial charge in [0.2, 0.25) is 0 Å². The zero-order chi connectivity index (χ0) is 27.1. The summed E-state index contributed by atoms with van der Waals surface area (Å²) in [4.78, 5) is 32.0. The molecule has 3 heterocycles. The van der Waals surface area contributed by atoms with Gasteiger partial charge >= 0.3 is 0 Å². The normalized spacial score (nSPS) is 21.4. The Morgan fingerprint density at radius 3 is 2.55 bits per heavy atom. The SMILES string of the molecule is CSc1cc(C)[nH]c(=O)c1CNC(=O)c1c(C)n(C(C)C2CCC(N3CC(F)C3)CC2)c2cc(F)ccc12. The topological polar surface area (TPSA) is 70.1 Å². The highest BCUT2D eigenvalue weighted by Crippen LogP contribution is 2.39. The Morgan fingerprint density at radius 2 is 1.89 bits per heavy atom. The predicted molar refractivity (Wildman–Crippen MR) is 148 cm³/mol. The fourth-order valence-corrected chi connectivity index (χ4v) is 7.14. The number of nitrogens with zero attached hydrogens (tertiary/aromatic N) is 2. The van der Waals surface area contributed by atoms with Crippen LogP contribution >= 0.6 is 11.8 Å². The number of likely N-dealkylation sites (tertiary alicyclic amines) is 1. The van der Waals surface area contributed by atoms with Gasteiger partial charge in [-0.05, 0) is 82.9 Å². The number of hydrogen-bond donors (Lipinski definition) is 2. The zero-order valence-corrected chi connectivity index (χ0v) is 23.3. The van der Waals surface area contributed by atoms with Crippen LogP contribution in [0.25, 0.3) is 10.9 Å². The molecule has 1 unspecified atom stereocenters. The Kier molecular flexibility index (Phi) is 7.69. The number of amides is 1. The smallest absolute Gasteiger partial charge is 0.254 e. The van der Waals surface area contributed by atoms with Crippen LogP contribution in [0.15, 0.2) is 34.0 Å². The lowest BCUT2D eigenvalue weighted by Crippen LogP contribution is -2.54. The second-order valence-electron chi connectivity index (χ2n) is 10.9. The molecule has 2 fully saturated rings. The molecule has 0 spiro atoms. The van der Waals surface area contributed by atoms with Gasteiger partial charge in [0.1, 0.15) is 12.0 Å². The molecule has 1 saturated carbocycles. The van der Waals surface area contributed by atoms with E-state index in [9.17, 15) is 18.4 Å². The Morgan fingerprint density at radius 1 is 1.18 bits per heavy atom. The minimum Gasteiger partial charge on any atom is -0.348 e. The molecule has 0 radical (unpaired) electrons. The van der Waals surface area contributed by atoms with Gasteiger partial charge in [0.05, 0.1) is 11.1 Å². The van der Waals surface area contributed by atoms with E-state index in [0.29, 0.717) is 47.1 Å². The van der Waals surface area contributed by atoms with Crippen LogP contribution < -0.4 is 10.9 Å². The molecule has 5 rings (SSSR count). The second kappa shape index (κ2) is 10.8. The van der Waals surface area contributed by atoms with Gasteiger partial charge in [0.15, 0.2) is 0 Å². The van der Waals surface area contributed by atoms with Crippen LogP contribution in [0.1, 0.15) is 66.0 Å². The van der Waals surface area contributed by atoms with Crippen LogP contribution in [0, 0.1) is 25.6 Å². The minimum atomic E-state index is -0.684. The summed E-state index contributed by atoms with van der Waals surface area (Å²) in [6, 6.07) is 7.01. The van der Waals surface area contributed by atoms with Crippen molar-refractivity contribution in [2.75, 3.05) is 19.3 Å². The molecular weight excluding hydrogens is 506 g/mol. The Hall–Kier alpha value is -2.65. The molecular formula is C29H36F2N4O2S. The standard InChI is InChI=1S/C29H36F2N4O2S/c1-16-11-26(38-4)24(28(36)33-16)13-32-29(37)27-18(3)35(25-12-20(30)7-10-23(25)27)17(2)19-5-8-22(9-6-19)34-14-21(31)15-34/h7,10-12,17,19,21-22H,5-6,8-9,13-15H2,1-4H3,(H,32,37)(H,33,36). The van der Waals surface area contributed by atoms with Crippen molar-refractivity contribution in [3.05, 3.63) is 63.0 Å². The number of carbonyl (C=O) groups is 1. The maximum absolute atomic E-state index is 14.4. The number of benzene rings is 1.